The molecule has 0 bridgehead atoms. The monoisotopic (exact) mass is 448 g/mol. The van der Waals surface area contributed by atoms with Crippen LogP contribution in [0.15, 0.2) is 47.5 Å². The molecule has 3 heterocycles. The second kappa shape index (κ2) is 9.00. The van der Waals surface area contributed by atoms with Gasteiger partial charge < -0.3 is 14.5 Å². The van der Waals surface area contributed by atoms with Crippen molar-refractivity contribution in [3.63, 3.8) is 0 Å². The van der Waals surface area contributed by atoms with Crippen molar-refractivity contribution in [3.8, 4) is 11.1 Å². The number of hydrogen-bond acceptors (Lipinski definition) is 7. The summed E-state index contributed by atoms with van der Waals surface area (Å²) in [7, 11) is 1.29. The van der Waals surface area contributed by atoms with Crippen molar-refractivity contribution >= 4 is 34.0 Å². The number of nitrogens with one attached hydrogen (secondary N) is 2. The van der Waals surface area contributed by atoms with E-state index in [0.717, 1.165) is 49.5 Å². The van der Waals surface area contributed by atoms with E-state index < -0.39 is 6.09 Å². The van der Waals surface area contributed by atoms with Gasteiger partial charge in [0.05, 0.1) is 48.6 Å². The maximum Gasteiger partial charge on any atom is 0.413 e. The van der Waals surface area contributed by atoms with Gasteiger partial charge in [0.15, 0.2) is 0 Å². The maximum absolute atomic E-state index is 13.1. The van der Waals surface area contributed by atoms with Gasteiger partial charge in [0.25, 0.3) is 5.56 Å². The van der Waals surface area contributed by atoms with Crippen LogP contribution in [0.25, 0.3) is 33.1 Å². The lowest BCUT2D eigenvalue weighted by atomic mass is 10.0. The number of fused-ring (bicyclic) bond motifs is 2. The minimum Gasteiger partial charge on any atom is -0.453 e. The lowest BCUT2D eigenvalue weighted by Gasteiger charge is -2.26. The molecule has 0 unspecified atom stereocenters. The number of rotatable bonds is 5. The molecule has 10 nitrogen and oxygen atoms in total. The highest BCUT2D eigenvalue weighted by molar-refractivity contribution is 5.89. The Kier molecular flexibility index (Phi) is 5.76. The second-order valence-electron chi connectivity index (χ2n) is 7.86. The quantitative estimate of drug-likeness (QED) is 0.482. The molecule has 0 aliphatic carbocycles. The molecule has 170 valence electrons. The summed E-state index contributed by atoms with van der Waals surface area (Å²) < 4.78 is 11.7. The molecule has 10 heteroatoms. The third-order valence-electron chi connectivity index (χ3n) is 5.81. The number of morpholine rings is 1. The number of ether oxygens (including phenoxy) is 2. The zero-order chi connectivity index (χ0) is 22.8. The fourth-order valence-electron chi connectivity index (χ4n) is 3.97. The number of anilines is 1. The topological polar surface area (TPSA) is 114 Å². The van der Waals surface area contributed by atoms with Crippen LogP contribution < -0.4 is 10.9 Å². The normalized spacial score (nSPS) is 14.6. The Morgan fingerprint density at radius 1 is 1.12 bits per heavy atom. The highest BCUT2D eigenvalue weighted by atomic mass is 16.5. The van der Waals surface area contributed by atoms with E-state index in [-0.39, 0.29) is 5.56 Å². The van der Waals surface area contributed by atoms with Crippen LogP contribution in [0.4, 0.5) is 10.7 Å². The standard InChI is InChI=1S/C23H24N6O4/c1-32-23(31)27-22-25-19-5-3-16(13-20(19)26-22)15-2-4-18-17(12-15)21(30)29(14-24-18)7-6-28-8-10-33-11-9-28/h2-5,12-14H,6-11H2,1H3,(H2,25,26,27,31). The first-order chi connectivity index (χ1) is 16.1. The number of imidazole rings is 1. The van der Waals surface area contributed by atoms with Crippen LogP contribution >= 0.6 is 0 Å². The zero-order valence-corrected chi connectivity index (χ0v) is 18.2. The van der Waals surface area contributed by atoms with Crippen molar-refractivity contribution in [1.29, 1.82) is 0 Å². The molecule has 33 heavy (non-hydrogen) atoms. The molecule has 1 saturated heterocycles. The molecule has 0 spiro atoms. The molecule has 4 aromatic rings. The number of methoxy groups -OCH3 is 1. The SMILES string of the molecule is COC(=O)Nc1nc2ccc(-c3ccc4ncn(CCN5CCOCC5)c(=O)c4c3)cc2[nH]1. The van der Waals surface area contributed by atoms with Gasteiger partial charge in [-0.3, -0.25) is 19.6 Å². The predicted octanol–water partition coefficient (Wildman–Crippen LogP) is 2.45. The lowest BCUT2D eigenvalue weighted by molar-refractivity contribution is 0.0362. The van der Waals surface area contributed by atoms with Crippen molar-refractivity contribution in [3.05, 3.63) is 53.1 Å². The Morgan fingerprint density at radius 3 is 2.67 bits per heavy atom. The number of hydrogen-bond donors (Lipinski definition) is 2. The number of nitrogens with zero attached hydrogens (tertiary/aromatic N) is 4. The Hall–Kier alpha value is -3.76. The van der Waals surface area contributed by atoms with Crippen LogP contribution in [0.5, 0.6) is 0 Å². The summed E-state index contributed by atoms with van der Waals surface area (Å²) in [5.41, 5.74) is 3.89. The maximum atomic E-state index is 13.1. The summed E-state index contributed by atoms with van der Waals surface area (Å²) in [6, 6.07) is 11.4. The molecule has 1 aliphatic heterocycles. The second-order valence-corrected chi connectivity index (χ2v) is 7.86. The largest absolute Gasteiger partial charge is 0.453 e. The molecular weight excluding hydrogens is 424 g/mol. The Bertz CT molecular complexity index is 1370. The minimum absolute atomic E-state index is 0.0534. The van der Waals surface area contributed by atoms with Gasteiger partial charge in [-0.1, -0.05) is 12.1 Å². The molecular formula is C23H24N6O4. The highest BCUT2D eigenvalue weighted by Gasteiger charge is 2.12. The van der Waals surface area contributed by atoms with Crippen LogP contribution in [-0.4, -0.2) is 70.5 Å². The molecule has 1 amide bonds. The summed E-state index contributed by atoms with van der Waals surface area (Å²) in [6.07, 6.45) is 1.03. The molecule has 2 aromatic heterocycles. The summed E-state index contributed by atoms with van der Waals surface area (Å²) >= 11 is 0. The van der Waals surface area contributed by atoms with Crippen LogP contribution in [0.1, 0.15) is 0 Å². The first kappa shape index (κ1) is 21.1. The van der Waals surface area contributed by atoms with Crippen molar-refractivity contribution in [2.24, 2.45) is 0 Å². The number of amides is 1. The summed E-state index contributed by atoms with van der Waals surface area (Å²) in [4.78, 5) is 38.7. The fourth-order valence-corrected chi connectivity index (χ4v) is 3.97. The van der Waals surface area contributed by atoms with E-state index in [4.69, 9.17) is 4.74 Å². The van der Waals surface area contributed by atoms with Gasteiger partial charge in [-0.2, -0.15) is 0 Å². The van der Waals surface area contributed by atoms with E-state index in [2.05, 4.69) is 29.9 Å². The van der Waals surface area contributed by atoms with E-state index in [1.54, 1.807) is 10.9 Å². The summed E-state index contributed by atoms with van der Waals surface area (Å²) in [6.45, 7) is 4.60. The van der Waals surface area contributed by atoms with E-state index in [1.807, 2.05) is 36.4 Å². The van der Waals surface area contributed by atoms with E-state index in [9.17, 15) is 9.59 Å². The van der Waals surface area contributed by atoms with Gasteiger partial charge in [0, 0.05) is 26.2 Å². The summed E-state index contributed by atoms with van der Waals surface area (Å²) in [5.74, 6) is 0.305. The highest BCUT2D eigenvalue weighted by Crippen LogP contribution is 2.26. The van der Waals surface area contributed by atoms with Gasteiger partial charge >= 0.3 is 6.09 Å². The van der Waals surface area contributed by atoms with Crippen molar-refractivity contribution in [2.75, 3.05) is 45.3 Å². The molecule has 1 aliphatic rings. The van der Waals surface area contributed by atoms with Crippen LogP contribution in [0.2, 0.25) is 0 Å². The zero-order valence-electron chi connectivity index (χ0n) is 18.2. The first-order valence-corrected chi connectivity index (χ1v) is 10.7. The van der Waals surface area contributed by atoms with Gasteiger partial charge in [-0.15, -0.1) is 0 Å². The summed E-state index contributed by atoms with van der Waals surface area (Å²) in [5, 5.41) is 3.10. The van der Waals surface area contributed by atoms with Crippen LogP contribution in [0, 0.1) is 0 Å². The number of carbonyl (C=O) groups is 1. The van der Waals surface area contributed by atoms with E-state index in [0.29, 0.717) is 28.9 Å². The van der Waals surface area contributed by atoms with E-state index >= 15 is 0 Å². The van der Waals surface area contributed by atoms with Gasteiger partial charge in [-0.25, -0.2) is 14.8 Å². The minimum atomic E-state index is -0.596. The number of carbonyl (C=O) groups excluding carboxylic acids is 1. The Morgan fingerprint density at radius 2 is 1.88 bits per heavy atom. The average molecular weight is 448 g/mol. The molecule has 1 fully saturated rings. The number of H-pyrrole nitrogens is 1. The smallest absolute Gasteiger partial charge is 0.413 e. The molecule has 2 aromatic carbocycles. The van der Waals surface area contributed by atoms with Gasteiger partial charge in [0.1, 0.15) is 0 Å². The van der Waals surface area contributed by atoms with Crippen LogP contribution in [-0.2, 0) is 16.0 Å². The molecule has 0 radical (unpaired) electrons. The third-order valence-corrected chi connectivity index (χ3v) is 5.81. The number of benzene rings is 2. The molecule has 5 rings (SSSR count). The van der Waals surface area contributed by atoms with Gasteiger partial charge in [0.2, 0.25) is 5.95 Å². The number of aromatic nitrogens is 4. The molecule has 2 N–H and O–H groups in total. The predicted molar refractivity (Wildman–Crippen MR) is 124 cm³/mol. The molecule has 0 atom stereocenters. The Balaban J connectivity index is 1.43. The van der Waals surface area contributed by atoms with Crippen molar-refractivity contribution < 1.29 is 14.3 Å². The third kappa shape index (κ3) is 4.43. The van der Waals surface area contributed by atoms with Crippen LogP contribution in [0.3, 0.4) is 0 Å². The number of aromatic amines is 1. The van der Waals surface area contributed by atoms with Gasteiger partial charge in [-0.05, 0) is 35.4 Å². The van der Waals surface area contributed by atoms with Crippen molar-refractivity contribution in [2.45, 2.75) is 6.54 Å². The molecule has 0 saturated carbocycles. The van der Waals surface area contributed by atoms with E-state index in [1.165, 1.54) is 7.11 Å². The Labute approximate surface area is 189 Å². The average Bonchev–Trinajstić information content (AvgIpc) is 3.25. The first-order valence-electron chi connectivity index (χ1n) is 10.7. The lowest BCUT2D eigenvalue weighted by Crippen LogP contribution is -2.39. The van der Waals surface area contributed by atoms with Crippen molar-refractivity contribution in [1.82, 2.24) is 24.4 Å². The fraction of sp³-hybridized carbons (Fsp3) is 0.304.